The lowest BCUT2D eigenvalue weighted by Crippen LogP contribution is -2.15. The summed E-state index contributed by atoms with van der Waals surface area (Å²) in [4.78, 5) is 17.5. The van der Waals surface area contributed by atoms with Crippen molar-refractivity contribution in [3.63, 3.8) is 0 Å². The van der Waals surface area contributed by atoms with E-state index >= 15 is 0 Å². The highest BCUT2D eigenvalue weighted by atomic mass is 32.2. The number of carbonyl (C=O) groups is 1. The zero-order valence-electron chi connectivity index (χ0n) is 22.6. The molecule has 0 atom stereocenters. The SMILES string of the molecule is Cc1ccccc1-n1c(SCC(=O)Nc2oc(-c3ccccc3)c(-c3ccccc3)c2C#N)nnc1-c1cccnc1. The molecule has 6 rings (SSSR count). The molecule has 6 aromatic rings. The first-order valence-corrected chi connectivity index (χ1v) is 14.1. The molecule has 0 aliphatic heterocycles. The number of hydrogen-bond donors (Lipinski definition) is 1. The molecule has 3 aromatic heterocycles. The Bertz CT molecular complexity index is 1890. The summed E-state index contributed by atoms with van der Waals surface area (Å²) in [5, 5.41) is 22.4. The third kappa shape index (κ3) is 5.31. The number of furan rings is 1. The first-order valence-electron chi connectivity index (χ1n) is 13.2. The number of thioether (sulfide) groups is 1. The molecular weight excluding hydrogens is 544 g/mol. The number of nitriles is 1. The fourth-order valence-electron chi connectivity index (χ4n) is 4.67. The number of rotatable bonds is 8. The van der Waals surface area contributed by atoms with Crippen LogP contribution in [0.4, 0.5) is 5.88 Å². The minimum atomic E-state index is -0.341. The Morgan fingerprint density at radius 1 is 0.905 bits per heavy atom. The van der Waals surface area contributed by atoms with Crippen molar-refractivity contribution < 1.29 is 9.21 Å². The van der Waals surface area contributed by atoms with Crippen molar-refractivity contribution in [2.45, 2.75) is 12.1 Å². The number of aryl methyl sites for hydroxylation is 1. The van der Waals surface area contributed by atoms with Gasteiger partial charge in [0.05, 0.1) is 11.4 Å². The van der Waals surface area contributed by atoms with Crippen LogP contribution in [-0.4, -0.2) is 31.4 Å². The highest BCUT2D eigenvalue weighted by Gasteiger charge is 2.25. The molecule has 0 spiro atoms. The molecule has 3 heterocycles. The number of aromatic nitrogens is 4. The van der Waals surface area contributed by atoms with E-state index in [-0.39, 0.29) is 23.1 Å². The molecule has 0 saturated heterocycles. The van der Waals surface area contributed by atoms with Gasteiger partial charge in [0.2, 0.25) is 11.8 Å². The lowest BCUT2D eigenvalue weighted by atomic mass is 9.98. The van der Waals surface area contributed by atoms with Gasteiger partial charge in [0.1, 0.15) is 17.4 Å². The van der Waals surface area contributed by atoms with Gasteiger partial charge in [-0.25, -0.2) is 0 Å². The lowest BCUT2D eigenvalue weighted by Gasteiger charge is -2.12. The standard InChI is InChI=1S/C33H24N6O2S/c1-22-11-8-9-17-27(22)39-31(25-16-10-18-35-20-25)37-38-33(39)42-21-28(40)36-32-26(19-34)29(23-12-4-2-5-13-23)30(41-32)24-14-6-3-7-15-24/h2-18,20H,21H2,1H3,(H,36,40). The van der Waals surface area contributed by atoms with E-state index in [0.717, 1.165) is 27.9 Å². The fourth-order valence-corrected chi connectivity index (χ4v) is 5.41. The van der Waals surface area contributed by atoms with E-state index in [4.69, 9.17) is 4.42 Å². The molecule has 8 nitrogen and oxygen atoms in total. The number of benzene rings is 3. The van der Waals surface area contributed by atoms with Gasteiger partial charge >= 0.3 is 0 Å². The Morgan fingerprint density at radius 2 is 1.60 bits per heavy atom. The lowest BCUT2D eigenvalue weighted by molar-refractivity contribution is -0.113. The van der Waals surface area contributed by atoms with E-state index in [1.54, 1.807) is 12.4 Å². The molecule has 0 unspecified atom stereocenters. The number of hydrogen-bond acceptors (Lipinski definition) is 7. The summed E-state index contributed by atoms with van der Waals surface area (Å²) in [6.45, 7) is 2.01. The Kier molecular flexibility index (Phi) is 7.62. The van der Waals surface area contributed by atoms with Crippen LogP contribution in [0.25, 0.3) is 39.5 Å². The third-order valence-corrected chi connectivity index (χ3v) is 7.54. The zero-order chi connectivity index (χ0) is 28.9. The predicted octanol–water partition coefficient (Wildman–Crippen LogP) is 7.17. The number of carbonyl (C=O) groups excluding carboxylic acids is 1. The average Bonchev–Trinajstić information content (AvgIpc) is 3.63. The van der Waals surface area contributed by atoms with Crippen LogP contribution < -0.4 is 5.32 Å². The summed E-state index contributed by atoms with van der Waals surface area (Å²) >= 11 is 1.24. The van der Waals surface area contributed by atoms with Gasteiger partial charge in [-0.1, -0.05) is 90.6 Å². The normalized spacial score (nSPS) is 10.8. The van der Waals surface area contributed by atoms with Gasteiger partial charge in [-0.2, -0.15) is 5.26 Å². The third-order valence-electron chi connectivity index (χ3n) is 6.61. The van der Waals surface area contributed by atoms with E-state index in [1.807, 2.05) is 109 Å². The van der Waals surface area contributed by atoms with Crippen LogP contribution in [0, 0.1) is 18.3 Å². The molecule has 0 aliphatic rings. The van der Waals surface area contributed by atoms with Crippen molar-refractivity contribution in [1.29, 1.82) is 5.26 Å². The number of pyridine rings is 1. The van der Waals surface area contributed by atoms with Crippen LogP contribution in [0.3, 0.4) is 0 Å². The van der Waals surface area contributed by atoms with Gasteiger partial charge in [-0.3, -0.25) is 19.7 Å². The smallest absolute Gasteiger partial charge is 0.237 e. The predicted molar refractivity (Wildman–Crippen MR) is 163 cm³/mol. The van der Waals surface area contributed by atoms with Crippen molar-refractivity contribution >= 4 is 23.6 Å². The molecule has 3 aromatic carbocycles. The van der Waals surface area contributed by atoms with Gasteiger partial charge < -0.3 is 4.42 Å². The van der Waals surface area contributed by atoms with E-state index in [2.05, 4.69) is 26.6 Å². The van der Waals surface area contributed by atoms with Crippen molar-refractivity contribution in [2.24, 2.45) is 0 Å². The van der Waals surface area contributed by atoms with Gasteiger partial charge in [0, 0.05) is 29.1 Å². The van der Waals surface area contributed by atoms with Gasteiger partial charge in [0.25, 0.3) is 0 Å². The Hall–Kier alpha value is -5.46. The molecule has 0 fully saturated rings. The number of anilines is 1. The maximum atomic E-state index is 13.3. The molecule has 1 amide bonds. The summed E-state index contributed by atoms with van der Waals surface area (Å²) < 4.78 is 8.10. The van der Waals surface area contributed by atoms with Crippen LogP contribution in [0.15, 0.2) is 119 Å². The molecule has 204 valence electrons. The van der Waals surface area contributed by atoms with Crippen molar-refractivity contribution in [3.8, 4) is 45.6 Å². The van der Waals surface area contributed by atoms with Gasteiger partial charge in [0.15, 0.2) is 11.0 Å². The largest absolute Gasteiger partial charge is 0.438 e. The fraction of sp³-hybridized carbons (Fsp3) is 0.0606. The molecule has 0 aliphatic carbocycles. The van der Waals surface area contributed by atoms with Crippen molar-refractivity contribution in [1.82, 2.24) is 19.7 Å². The van der Waals surface area contributed by atoms with Crippen LogP contribution in [0.2, 0.25) is 0 Å². The second kappa shape index (κ2) is 12.0. The van der Waals surface area contributed by atoms with Crippen LogP contribution in [-0.2, 0) is 4.79 Å². The molecular formula is C33H24N6O2S. The second-order valence-electron chi connectivity index (χ2n) is 9.36. The van der Waals surface area contributed by atoms with E-state index in [0.29, 0.717) is 22.3 Å². The molecule has 42 heavy (non-hydrogen) atoms. The topological polar surface area (TPSA) is 110 Å². The summed E-state index contributed by atoms with van der Waals surface area (Å²) in [6.07, 6.45) is 3.43. The molecule has 0 saturated carbocycles. The number of para-hydroxylation sites is 1. The average molecular weight is 569 g/mol. The summed E-state index contributed by atoms with van der Waals surface area (Å²) in [6, 6.07) is 33.0. The quantitative estimate of drug-likeness (QED) is 0.194. The molecule has 1 N–H and O–H groups in total. The van der Waals surface area contributed by atoms with Gasteiger partial charge in [-0.15, -0.1) is 10.2 Å². The molecule has 0 bridgehead atoms. The first-order chi connectivity index (χ1) is 20.6. The number of nitrogens with one attached hydrogen (secondary N) is 1. The Morgan fingerprint density at radius 3 is 2.29 bits per heavy atom. The summed E-state index contributed by atoms with van der Waals surface area (Å²) in [5.74, 6) is 0.924. The van der Waals surface area contributed by atoms with Crippen LogP contribution >= 0.6 is 11.8 Å². The van der Waals surface area contributed by atoms with E-state index < -0.39 is 0 Å². The second-order valence-corrected chi connectivity index (χ2v) is 10.3. The van der Waals surface area contributed by atoms with Crippen molar-refractivity contribution in [2.75, 3.05) is 11.1 Å². The minimum absolute atomic E-state index is 0.0178. The highest BCUT2D eigenvalue weighted by molar-refractivity contribution is 7.99. The minimum Gasteiger partial charge on any atom is -0.438 e. The Balaban J connectivity index is 1.31. The molecule has 0 radical (unpaired) electrons. The van der Waals surface area contributed by atoms with Crippen LogP contribution in [0.1, 0.15) is 11.1 Å². The maximum Gasteiger partial charge on any atom is 0.237 e. The van der Waals surface area contributed by atoms with E-state index in [1.165, 1.54) is 11.8 Å². The zero-order valence-corrected chi connectivity index (χ0v) is 23.4. The van der Waals surface area contributed by atoms with Crippen molar-refractivity contribution in [3.05, 3.63) is 121 Å². The van der Waals surface area contributed by atoms with Crippen LogP contribution in [0.5, 0.6) is 0 Å². The Labute approximate surface area is 246 Å². The molecule has 9 heteroatoms. The van der Waals surface area contributed by atoms with E-state index in [9.17, 15) is 10.1 Å². The first kappa shape index (κ1) is 26.7. The maximum absolute atomic E-state index is 13.3. The number of amides is 1. The monoisotopic (exact) mass is 568 g/mol. The number of nitrogens with zero attached hydrogens (tertiary/aromatic N) is 5. The highest BCUT2D eigenvalue weighted by Crippen LogP contribution is 2.41. The summed E-state index contributed by atoms with van der Waals surface area (Å²) in [7, 11) is 0. The summed E-state index contributed by atoms with van der Waals surface area (Å²) in [5.41, 5.74) is 5.26. The van der Waals surface area contributed by atoms with Gasteiger partial charge in [-0.05, 0) is 36.2 Å².